The Kier molecular flexibility index (Phi) is 3.25. The van der Waals surface area contributed by atoms with Crippen LogP contribution in [0.1, 0.15) is 24.3 Å². The van der Waals surface area contributed by atoms with Crippen molar-refractivity contribution in [3.8, 4) is 0 Å². The van der Waals surface area contributed by atoms with Crippen LogP contribution in [0.3, 0.4) is 0 Å². The molecule has 6 heteroatoms. The van der Waals surface area contributed by atoms with Crippen LogP contribution >= 0.6 is 23.1 Å². The van der Waals surface area contributed by atoms with Crippen LogP contribution in [0, 0.1) is 12.8 Å². The third kappa shape index (κ3) is 2.49. The van der Waals surface area contributed by atoms with Gasteiger partial charge in [-0.25, -0.2) is 0 Å². The summed E-state index contributed by atoms with van der Waals surface area (Å²) in [5.74, 6) is -0.884. The van der Waals surface area contributed by atoms with Crippen molar-refractivity contribution in [3.63, 3.8) is 0 Å². The Balaban J connectivity index is 2.02. The first-order valence-corrected chi connectivity index (χ1v) is 6.56. The van der Waals surface area contributed by atoms with Crippen molar-refractivity contribution >= 4 is 29.1 Å². The summed E-state index contributed by atoms with van der Waals surface area (Å²) in [6, 6.07) is 0. The zero-order valence-electron chi connectivity index (χ0n) is 8.34. The molecule has 82 valence electrons. The van der Waals surface area contributed by atoms with Crippen molar-refractivity contribution in [1.29, 1.82) is 0 Å². The number of carboxylic acid groups (broad SMARTS) is 1. The Morgan fingerprint density at radius 3 is 2.93 bits per heavy atom. The van der Waals surface area contributed by atoms with E-state index in [-0.39, 0.29) is 11.2 Å². The largest absolute Gasteiger partial charge is 0.481 e. The molecular weight excluding hydrogens is 232 g/mol. The molecule has 1 N–H and O–H groups in total. The van der Waals surface area contributed by atoms with Crippen molar-refractivity contribution in [1.82, 2.24) is 10.2 Å². The van der Waals surface area contributed by atoms with Gasteiger partial charge in [-0.05, 0) is 19.8 Å². The second-order valence-corrected chi connectivity index (χ2v) is 6.29. The maximum absolute atomic E-state index is 11.0. The first-order valence-electron chi connectivity index (χ1n) is 4.86. The van der Waals surface area contributed by atoms with Gasteiger partial charge in [0.1, 0.15) is 5.01 Å². The first kappa shape index (κ1) is 10.9. The fraction of sp³-hybridized carbons (Fsp3) is 0.667. The summed E-state index contributed by atoms with van der Waals surface area (Å²) in [5.41, 5.74) is 0. The van der Waals surface area contributed by atoms with E-state index in [1.807, 2.05) is 6.92 Å². The minimum atomic E-state index is -0.675. The highest BCUT2D eigenvalue weighted by molar-refractivity contribution is 8.01. The van der Waals surface area contributed by atoms with Crippen molar-refractivity contribution in [3.05, 3.63) is 5.01 Å². The molecule has 1 aromatic rings. The van der Waals surface area contributed by atoms with Gasteiger partial charge in [0, 0.05) is 5.25 Å². The lowest BCUT2D eigenvalue weighted by molar-refractivity contribution is -0.141. The second-order valence-electron chi connectivity index (χ2n) is 3.62. The van der Waals surface area contributed by atoms with E-state index < -0.39 is 5.97 Å². The average Bonchev–Trinajstić information content (AvgIpc) is 2.75. The van der Waals surface area contributed by atoms with Crippen LogP contribution < -0.4 is 0 Å². The number of thioether (sulfide) groups is 1. The Bertz CT molecular complexity index is 367. The fourth-order valence-corrected chi connectivity index (χ4v) is 4.19. The number of hydrogen-bond donors (Lipinski definition) is 1. The molecule has 1 fully saturated rings. The Labute approximate surface area is 96.1 Å². The van der Waals surface area contributed by atoms with Crippen LogP contribution in [0.15, 0.2) is 4.34 Å². The smallest absolute Gasteiger partial charge is 0.307 e. The molecule has 1 aliphatic rings. The molecule has 0 bridgehead atoms. The van der Waals surface area contributed by atoms with Gasteiger partial charge in [0.05, 0.1) is 5.92 Å². The number of carbonyl (C=O) groups is 1. The highest BCUT2D eigenvalue weighted by Crippen LogP contribution is 2.39. The normalized spacial score (nSPS) is 25.7. The summed E-state index contributed by atoms with van der Waals surface area (Å²) in [7, 11) is 0. The summed E-state index contributed by atoms with van der Waals surface area (Å²) in [5, 5.41) is 18.1. The summed E-state index contributed by atoms with van der Waals surface area (Å²) in [6.07, 6.45) is 2.78. The van der Waals surface area contributed by atoms with Crippen LogP contribution in [0.4, 0.5) is 0 Å². The van der Waals surface area contributed by atoms with E-state index in [1.165, 1.54) is 11.3 Å². The number of aromatic nitrogens is 2. The summed E-state index contributed by atoms with van der Waals surface area (Å²) in [6.45, 7) is 1.91. The fourth-order valence-electron chi connectivity index (χ4n) is 1.81. The molecule has 1 heterocycles. The lowest BCUT2D eigenvalue weighted by Crippen LogP contribution is -2.19. The first-order chi connectivity index (χ1) is 7.16. The lowest BCUT2D eigenvalue weighted by atomic mass is 10.1. The van der Waals surface area contributed by atoms with Gasteiger partial charge in [-0.1, -0.05) is 29.5 Å². The molecule has 2 unspecified atom stereocenters. The summed E-state index contributed by atoms with van der Waals surface area (Å²) in [4.78, 5) is 11.0. The molecule has 4 nitrogen and oxygen atoms in total. The van der Waals surface area contributed by atoms with Crippen molar-refractivity contribution in [2.75, 3.05) is 0 Å². The number of hydrogen-bond acceptors (Lipinski definition) is 5. The van der Waals surface area contributed by atoms with Crippen LogP contribution in [0.25, 0.3) is 0 Å². The topological polar surface area (TPSA) is 63.1 Å². The van der Waals surface area contributed by atoms with E-state index in [1.54, 1.807) is 11.8 Å². The van der Waals surface area contributed by atoms with E-state index in [4.69, 9.17) is 5.11 Å². The van der Waals surface area contributed by atoms with E-state index in [2.05, 4.69) is 10.2 Å². The van der Waals surface area contributed by atoms with Gasteiger partial charge in [0.2, 0.25) is 0 Å². The second kappa shape index (κ2) is 4.49. The molecular formula is C9H12N2O2S2. The molecule has 0 aliphatic heterocycles. The molecule has 0 aromatic carbocycles. The zero-order chi connectivity index (χ0) is 10.8. The van der Waals surface area contributed by atoms with Gasteiger partial charge in [-0.2, -0.15) is 0 Å². The molecule has 1 aromatic heterocycles. The maximum Gasteiger partial charge on any atom is 0.307 e. The van der Waals surface area contributed by atoms with Crippen molar-refractivity contribution in [2.45, 2.75) is 35.8 Å². The highest BCUT2D eigenvalue weighted by Gasteiger charge is 2.34. The Morgan fingerprint density at radius 2 is 2.33 bits per heavy atom. The number of rotatable bonds is 3. The Morgan fingerprint density at radius 1 is 1.53 bits per heavy atom. The maximum atomic E-state index is 11.0. The van der Waals surface area contributed by atoms with Gasteiger partial charge >= 0.3 is 5.97 Å². The third-order valence-electron chi connectivity index (χ3n) is 2.53. The Hall–Kier alpha value is -0.620. The van der Waals surface area contributed by atoms with Crippen LogP contribution in [-0.2, 0) is 4.79 Å². The molecule has 0 amide bonds. The number of carboxylic acids is 1. The van der Waals surface area contributed by atoms with Gasteiger partial charge < -0.3 is 5.11 Å². The molecule has 15 heavy (non-hydrogen) atoms. The molecule has 1 saturated carbocycles. The molecule has 2 atom stereocenters. The minimum absolute atomic E-state index is 0.176. The van der Waals surface area contributed by atoms with Crippen molar-refractivity contribution < 1.29 is 9.90 Å². The average molecular weight is 244 g/mol. The van der Waals surface area contributed by atoms with E-state index in [0.717, 1.165) is 28.6 Å². The van der Waals surface area contributed by atoms with Crippen LogP contribution in [-0.4, -0.2) is 26.5 Å². The predicted octanol–water partition coefficient (Wildman–Crippen LogP) is 2.19. The minimum Gasteiger partial charge on any atom is -0.481 e. The van der Waals surface area contributed by atoms with Gasteiger partial charge in [-0.15, -0.1) is 10.2 Å². The van der Waals surface area contributed by atoms with Crippen LogP contribution in [0.5, 0.6) is 0 Å². The third-order valence-corrected chi connectivity index (χ3v) is 4.85. The predicted molar refractivity (Wildman–Crippen MR) is 59.3 cm³/mol. The monoisotopic (exact) mass is 244 g/mol. The number of aliphatic carboxylic acids is 1. The molecule has 0 saturated heterocycles. The number of nitrogens with zero attached hydrogens (tertiary/aromatic N) is 2. The quantitative estimate of drug-likeness (QED) is 0.883. The van der Waals surface area contributed by atoms with Gasteiger partial charge in [0.15, 0.2) is 4.34 Å². The highest BCUT2D eigenvalue weighted by atomic mass is 32.2. The lowest BCUT2D eigenvalue weighted by Gasteiger charge is -2.12. The van der Waals surface area contributed by atoms with Crippen LogP contribution in [0.2, 0.25) is 0 Å². The summed E-state index contributed by atoms with van der Waals surface area (Å²) < 4.78 is 0.894. The van der Waals surface area contributed by atoms with E-state index >= 15 is 0 Å². The molecule has 0 spiro atoms. The van der Waals surface area contributed by atoms with E-state index in [9.17, 15) is 4.79 Å². The summed E-state index contributed by atoms with van der Waals surface area (Å²) >= 11 is 3.11. The van der Waals surface area contributed by atoms with E-state index in [0.29, 0.717) is 0 Å². The SMILES string of the molecule is Cc1nnc(SC2CCCC2C(=O)O)s1. The van der Waals surface area contributed by atoms with Crippen molar-refractivity contribution in [2.24, 2.45) is 5.92 Å². The zero-order valence-corrected chi connectivity index (χ0v) is 9.98. The van der Waals surface area contributed by atoms with Gasteiger partial charge in [-0.3, -0.25) is 4.79 Å². The standard InChI is InChI=1S/C9H12N2O2S2/c1-5-10-11-9(14-5)15-7-4-2-3-6(7)8(12)13/h6-7H,2-4H2,1H3,(H,12,13). The molecule has 2 rings (SSSR count). The molecule has 1 aliphatic carbocycles. The molecule has 0 radical (unpaired) electrons. The number of aryl methyl sites for hydroxylation is 1. The van der Waals surface area contributed by atoms with Gasteiger partial charge in [0.25, 0.3) is 0 Å².